The van der Waals surface area contributed by atoms with Crippen LogP contribution in [0, 0.1) is 13.8 Å². The largest absolute Gasteiger partial charge is 0.548 e. The minimum atomic E-state index is -1.48. The van der Waals surface area contributed by atoms with Crippen LogP contribution < -0.4 is 20.8 Å². The number of aromatic amines is 1. The van der Waals surface area contributed by atoms with Crippen molar-refractivity contribution in [3.63, 3.8) is 0 Å². The fourth-order valence-corrected chi connectivity index (χ4v) is 4.02. The summed E-state index contributed by atoms with van der Waals surface area (Å²) in [5.74, 6) is -2.05. The molecule has 0 aliphatic carbocycles. The van der Waals surface area contributed by atoms with Gasteiger partial charge in [0.2, 0.25) is 0 Å². The lowest BCUT2D eigenvalue weighted by Crippen LogP contribution is -2.52. The van der Waals surface area contributed by atoms with E-state index in [1.54, 1.807) is 32.2 Å². The van der Waals surface area contributed by atoms with Gasteiger partial charge in [0.25, 0.3) is 5.91 Å². The summed E-state index contributed by atoms with van der Waals surface area (Å²) in [6.45, 7) is 4.86. The van der Waals surface area contributed by atoms with Gasteiger partial charge >= 0.3 is 5.63 Å². The Morgan fingerprint density at radius 1 is 1.20 bits per heavy atom. The molecule has 4 rings (SSSR count). The van der Waals surface area contributed by atoms with Crippen LogP contribution in [0.2, 0.25) is 5.02 Å². The van der Waals surface area contributed by atoms with Gasteiger partial charge in [-0.2, -0.15) is 0 Å². The molecule has 0 bridgehead atoms. The number of aromatic nitrogens is 1. The number of phenolic OH excluding ortho intramolecular Hbond substituents is 1. The Morgan fingerprint density at radius 2 is 1.94 bits per heavy atom. The lowest BCUT2D eigenvalue weighted by atomic mass is 10.0. The molecule has 0 unspecified atom stereocenters. The van der Waals surface area contributed by atoms with Crippen LogP contribution in [0.4, 0.5) is 0 Å². The smallest absolute Gasteiger partial charge is 0.339 e. The third-order valence-corrected chi connectivity index (χ3v) is 6.25. The molecule has 0 saturated heterocycles. The summed E-state index contributed by atoms with van der Waals surface area (Å²) < 4.78 is 11.0. The molecule has 2 atom stereocenters. The van der Waals surface area contributed by atoms with Crippen LogP contribution in [-0.2, 0) is 16.0 Å². The van der Waals surface area contributed by atoms with Gasteiger partial charge in [-0.3, -0.25) is 4.79 Å². The summed E-state index contributed by atoms with van der Waals surface area (Å²) in [5.41, 5.74) is 2.24. The number of nitrogens with one attached hydrogen (secondary N) is 2. The van der Waals surface area contributed by atoms with Crippen LogP contribution in [0.1, 0.15) is 23.6 Å². The Kier molecular flexibility index (Phi) is 6.45. The first kappa shape index (κ1) is 24.2. The van der Waals surface area contributed by atoms with Crippen LogP contribution in [-0.4, -0.2) is 34.1 Å². The van der Waals surface area contributed by atoms with Gasteiger partial charge in [0, 0.05) is 40.5 Å². The number of aliphatic carboxylic acids is 1. The predicted octanol–water partition coefficient (Wildman–Crippen LogP) is 2.49. The highest BCUT2D eigenvalue weighted by Crippen LogP contribution is 2.32. The molecule has 9 nitrogen and oxygen atoms in total. The van der Waals surface area contributed by atoms with E-state index in [1.807, 2.05) is 0 Å². The molecule has 0 spiro atoms. The number of H-pyrrole nitrogens is 1. The van der Waals surface area contributed by atoms with Crippen molar-refractivity contribution >= 4 is 45.3 Å². The molecule has 3 N–H and O–H groups in total. The predicted molar refractivity (Wildman–Crippen MR) is 128 cm³/mol. The van der Waals surface area contributed by atoms with E-state index in [0.29, 0.717) is 27.4 Å². The number of phenols is 1. The molecule has 182 valence electrons. The average molecular weight is 498 g/mol. The highest BCUT2D eigenvalue weighted by Gasteiger charge is 2.23. The number of carbonyl (C=O) groups is 2. The van der Waals surface area contributed by atoms with Gasteiger partial charge in [-0.05, 0) is 56.2 Å². The molecule has 2 aromatic heterocycles. The van der Waals surface area contributed by atoms with E-state index in [9.17, 15) is 24.6 Å². The van der Waals surface area contributed by atoms with E-state index >= 15 is 0 Å². The number of carboxylic acids is 1. The molecule has 0 saturated carbocycles. The van der Waals surface area contributed by atoms with Crippen molar-refractivity contribution in [1.82, 2.24) is 10.3 Å². The monoisotopic (exact) mass is 497 g/mol. The molecule has 0 aliphatic heterocycles. The van der Waals surface area contributed by atoms with Crippen LogP contribution in [0.15, 0.2) is 45.7 Å². The van der Waals surface area contributed by atoms with Crippen LogP contribution in [0.3, 0.4) is 0 Å². The Morgan fingerprint density at radius 3 is 2.66 bits per heavy atom. The third kappa shape index (κ3) is 4.81. The quantitative estimate of drug-likeness (QED) is 0.332. The number of hydrogen-bond acceptors (Lipinski definition) is 7. The molecule has 2 heterocycles. The summed E-state index contributed by atoms with van der Waals surface area (Å²) in [7, 11) is 0. The number of rotatable bonds is 7. The van der Waals surface area contributed by atoms with E-state index < -0.39 is 29.6 Å². The molecule has 4 aromatic rings. The van der Waals surface area contributed by atoms with Gasteiger partial charge in [0.05, 0.1) is 17.0 Å². The van der Waals surface area contributed by atoms with E-state index in [2.05, 4.69) is 10.3 Å². The number of fused-ring (bicyclic) bond motifs is 2. The zero-order valence-electron chi connectivity index (χ0n) is 19.1. The Hall–Kier alpha value is -3.98. The van der Waals surface area contributed by atoms with E-state index in [-0.39, 0.29) is 28.5 Å². The molecule has 0 fully saturated rings. The highest BCUT2D eigenvalue weighted by atomic mass is 35.5. The second-order valence-corrected chi connectivity index (χ2v) is 8.71. The maximum absolute atomic E-state index is 12.7. The van der Waals surface area contributed by atoms with Gasteiger partial charge in [-0.1, -0.05) is 11.6 Å². The minimum absolute atomic E-state index is 0.0304. The summed E-state index contributed by atoms with van der Waals surface area (Å²) in [6.07, 6.45) is 0.403. The molecular formula is C25H22ClN2O7-. The molecule has 35 heavy (non-hydrogen) atoms. The van der Waals surface area contributed by atoms with Gasteiger partial charge in [0.1, 0.15) is 17.1 Å². The van der Waals surface area contributed by atoms with Crippen LogP contribution >= 0.6 is 11.6 Å². The number of carbonyl (C=O) groups excluding carboxylic acids is 2. The number of hydrogen-bond donors (Lipinski definition) is 3. The van der Waals surface area contributed by atoms with Crippen molar-refractivity contribution in [2.45, 2.75) is 39.3 Å². The zero-order valence-corrected chi connectivity index (χ0v) is 19.9. The summed E-state index contributed by atoms with van der Waals surface area (Å²) in [4.78, 5) is 39.5. The maximum atomic E-state index is 12.7. The lowest BCUT2D eigenvalue weighted by molar-refractivity contribution is -0.308. The molecule has 1 amide bonds. The number of aromatic hydroxyl groups is 1. The van der Waals surface area contributed by atoms with Crippen molar-refractivity contribution in [2.24, 2.45) is 0 Å². The van der Waals surface area contributed by atoms with Gasteiger partial charge < -0.3 is 34.5 Å². The average Bonchev–Trinajstić information content (AvgIpc) is 3.20. The van der Waals surface area contributed by atoms with E-state index in [1.165, 1.54) is 25.1 Å². The zero-order chi connectivity index (χ0) is 25.4. The van der Waals surface area contributed by atoms with E-state index in [0.717, 1.165) is 5.56 Å². The number of benzene rings is 2. The molecule has 0 aliphatic rings. The van der Waals surface area contributed by atoms with Crippen molar-refractivity contribution in [3.8, 4) is 11.5 Å². The summed E-state index contributed by atoms with van der Waals surface area (Å²) >= 11 is 6.33. The highest BCUT2D eigenvalue weighted by molar-refractivity contribution is 6.32. The number of halogens is 1. The fraction of sp³-hybridized carbons (Fsp3) is 0.240. The second-order valence-electron chi connectivity index (χ2n) is 8.31. The normalized spacial score (nSPS) is 13.0. The van der Waals surface area contributed by atoms with Crippen molar-refractivity contribution in [2.75, 3.05) is 0 Å². The molecule has 2 aromatic carbocycles. The van der Waals surface area contributed by atoms with Crippen molar-refractivity contribution in [1.29, 1.82) is 0 Å². The fourth-order valence-electron chi connectivity index (χ4n) is 3.82. The number of carboxylic acid groups (broad SMARTS) is 1. The SMILES string of the molecule is Cc1c(C)c2cc(Cl)c(O[C@H](C)C(=O)N[C@H](Cc3c[nH]c4ccc(O)cc34)C(=O)[O-])cc2oc1=O. The van der Waals surface area contributed by atoms with Gasteiger partial charge in [0.15, 0.2) is 6.10 Å². The van der Waals surface area contributed by atoms with Crippen LogP contribution in [0.25, 0.3) is 21.9 Å². The molecule has 0 radical (unpaired) electrons. The third-order valence-electron chi connectivity index (χ3n) is 5.96. The maximum Gasteiger partial charge on any atom is 0.339 e. The first-order valence-electron chi connectivity index (χ1n) is 10.8. The first-order chi connectivity index (χ1) is 16.5. The lowest BCUT2D eigenvalue weighted by Gasteiger charge is -2.22. The summed E-state index contributed by atoms with van der Waals surface area (Å²) in [6, 6.07) is 6.32. The van der Waals surface area contributed by atoms with Crippen LogP contribution in [0.5, 0.6) is 11.5 Å². The number of aryl methyl sites for hydroxylation is 1. The van der Waals surface area contributed by atoms with Gasteiger partial charge in [-0.15, -0.1) is 0 Å². The number of amides is 1. The van der Waals surface area contributed by atoms with Crippen molar-refractivity contribution < 1.29 is 29.0 Å². The Labute approximate surface area is 204 Å². The second kappa shape index (κ2) is 9.34. The standard InChI is InChI=1S/C25H23ClN2O7/c1-11-12(2)25(33)35-21-9-22(18(26)8-16(11)21)34-13(3)23(30)28-20(24(31)32)6-14-10-27-19-5-4-15(29)7-17(14)19/h4-5,7-10,13,20,27,29H,6H2,1-3H3,(H,28,30)(H,31,32)/p-1/t13-,20-/m1/s1. The van der Waals surface area contributed by atoms with E-state index in [4.69, 9.17) is 20.8 Å². The number of ether oxygens (including phenoxy) is 1. The van der Waals surface area contributed by atoms with Crippen molar-refractivity contribution in [3.05, 3.63) is 68.7 Å². The van der Waals surface area contributed by atoms with Gasteiger partial charge in [-0.25, -0.2) is 4.79 Å². The first-order valence-corrected chi connectivity index (χ1v) is 11.1. The Bertz CT molecular complexity index is 1520. The molecular weight excluding hydrogens is 476 g/mol. The minimum Gasteiger partial charge on any atom is -0.548 e. The summed E-state index contributed by atoms with van der Waals surface area (Å²) in [5, 5.41) is 25.4. The molecule has 10 heteroatoms. The topological polar surface area (TPSA) is 145 Å². The Balaban J connectivity index is 1.52.